The number of nitrogens with one attached hydrogen (secondary N) is 1. The molecule has 1 heterocycles. The fourth-order valence-corrected chi connectivity index (χ4v) is 2.61. The molecule has 1 fully saturated rings. The lowest BCUT2D eigenvalue weighted by Gasteiger charge is -2.40. The summed E-state index contributed by atoms with van der Waals surface area (Å²) in [6, 6.07) is 7.99. The number of aryl methyl sites for hydroxylation is 1. The van der Waals surface area contributed by atoms with Crippen LogP contribution in [0, 0.1) is 6.92 Å². The average molecular weight is 247 g/mol. The van der Waals surface area contributed by atoms with Gasteiger partial charge in [0.15, 0.2) is 0 Å². The second-order valence-corrected chi connectivity index (χ2v) is 5.23. The minimum atomic E-state index is -0.640. The number of para-hydroxylation sites is 1. The van der Waals surface area contributed by atoms with Crippen molar-refractivity contribution in [2.24, 2.45) is 5.73 Å². The quantitative estimate of drug-likeness (QED) is 0.848. The molecule has 4 nitrogen and oxygen atoms in total. The SMILES string of the molecule is Cc1ccccc1NC1(C(N)=O)CCCN(C)C1. The van der Waals surface area contributed by atoms with Crippen molar-refractivity contribution in [2.75, 3.05) is 25.5 Å². The van der Waals surface area contributed by atoms with E-state index in [-0.39, 0.29) is 5.91 Å². The Labute approximate surface area is 108 Å². The molecule has 1 aliphatic rings. The third-order valence-corrected chi connectivity index (χ3v) is 3.67. The number of amides is 1. The topological polar surface area (TPSA) is 58.4 Å². The molecule has 1 aromatic rings. The van der Waals surface area contributed by atoms with Gasteiger partial charge in [-0.05, 0) is 45.0 Å². The van der Waals surface area contributed by atoms with Gasteiger partial charge in [0.25, 0.3) is 0 Å². The molecule has 1 saturated heterocycles. The molecule has 1 aromatic carbocycles. The van der Waals surface area contributed by atoms with Crippen LogP contribution < -0.4 is 11.1 Å². The summed E-state index contributed by atoms with van der Waals surface area (Å²) in [6.45, 7) is 3.71. The van der Waals surface area contributed by atoms with Crippen LogP contribution in [0.4, 0.5) is 5.69 Å². The van der Waals surface area contributed by atoms with Crippen molar-refractivity contribution in [3.8, 4) is 0 Å². The minimum Gasteiger partial charge on any atom is -0.370 e. The van der Waals surface area contributed by atoms with Crippen LogP contribution in [0.1, 0.15) is 18.4 Å². The van der Waals surface area contributed by atoms with Gasteiger partial charge in [-0.25, -0.2) is 0 Å². The number of carbonyl (C=O) groups is 1. The highest BCUT2D eigenvalue weighted by molar-refractivity contribution is 5.88. The molecule has 1 atom stereocenters. The Morgan fingerprint density at radius 2 is 2.17 bits per heavy atom. The van der Waals surface area contributed by atoms with Gasteiger partial charge in [0, 0.05) is 12.2 Å². The number of primary amides is 1. The summed E-state index contributed by atoms with van der Waals surface area (Å²) in [7, 11) is 2.02. The Balaban J connectivity index is 2.26. The van der Waals surface area contributed by atoms with Crippen LogP contribution >= 0.6 is 0 Å². The summed E-state index contributed by atoms with van der Waals surface area (Å²) >= 11 is 0. The van der Waals surface area contributed by atoms with Crippen LogP contribution in [-0.2, 0) is 4.79 Å². The van der Waals surface area contributed by atoms with Crippen LogP contribution in [0.3, 0.4) is 0 Å². The zero-order valence-corrected chi connectivity index (χ0v) is 11.1. The molecule has 0 spiro atoms. The Bertz CT molecular complexity index is 446. The molecule has 0 saturated carbocycles. The molecule has 0 radical (unpaired) electrons. The van der Waals surface area contributed by atoms with Crippen LogP contribution in [0.2, 0.25) is 0 Å². The van der Waals surface area contributed by atoms with Gasteiger partial charge in [-0.15, -0.1) is 0 Å². The van der Waals surface area contributed by atoms with E-state index < -0.39 is 5.54 Å². The molecule has 2 rings (SSSR count). The number of rotatable bonds is 3. The summed E-state index contributed by atoms with van der Waals surface area (Å²) in [5.41, 5.74) is 7.12. The van der Waals surface area contributed by atoms with Gasteiger partial charge in [-0.3, -0.25) is 4.79 Å². The zero-order chi connectivity index (χ0) is 13.2. The third kappa shape index (κ3) is 2.48. The number of piperidine rings is 1. The summed E-state index contributed by atoms with van der Waals surface area (Å²) in [4.78, 5) is 14.0. The fraction of sp³-hybridized carbons (Fsp3) is 0.500. The van der Waals surface area contributed by atoms with Crippen LogP contribution in [0.5, 0.6) is 0 Å². The smallest absolute Gasteiger partial charge is 0.244 e. The van der Waals surface area contributed by atoms with E-state index in [1.165, 1.54) is 0 Å². The van der Waals surface area contributed by atoms with E-state index in [9.17, 15) is 4.79 Å². The highest BCUT2D eigenvalue weighted by Gasteiger charge is 2.40. The van der Waals surface area contributed by atoms with Crippen LogP contribution in [-0.4, -0.2) is 36.5 Å². The van der Waals surface area contributed by atoms with Gasteiger partial charge in [0.2, 0.25) is 5.91 Å². The van der Waals surface area contributed by atoms with E-state index in [0.717, 1.165) is 30.6 Å². The first-order valence-corrected chi connectivity index (χ1v) is 6.36. The molecular weight excluding hydrogens is 226 g/mol. The molecule has 1 amide bonds. The van der Waals surface area contributed by atoms with E-state index in [1.54, 1.807) is 0 Å². The number of nitrogens with zero attached hydrogens (tertiary/aromatic N) is 1. The molecule has 4 heteroatoms. The molecule has 1 aliphatic heterocycles. The standard InChI is InChI=1S/C14H21N3O/c1-11-6-3-4-7-12(11)16-14(13(15)18)8-5-9-17(2)10-14/h3-4,6-7,16H,5,8-10H2,1-2H3,(H2,15,18). The lowest BCUT2D eigenvalue weighted by Crippen LogP contribution is -2.59. The second kappa shape index (κ2) is 4.98. The largest absolute Gasteiger partial charge is 0.370 e. The Kier molecular flexibility index (Phi) is 3.57. The van der Waals surface area contributed by atoms with Gasteiger partial charge in [-0.2, -0.15) is 0 Å². The summed E-state index contributed by atoms with van der Waals surface area (Å²) in [5.74, 6) is -0.266. The number of hydrogen-bond acceptors (Lipinski definition) is 3. The number of likely N-dealkylation sites (tertiary alicyclic amines) is 1. The van der Waals surface area contributed by atoms with Crippen molar-refractivity contribution in [2.45, 2.75) is 25.3 Å². The molecule has 0 bridgehead atoms. The first kappa shape index (κ1) is 12.9. The van der Waals surface area contributed by atoms with Crippen molar-refractivity contribution >= 4 is 11.6 Å². The van der Waals surface area contributed by atoms with Gasteiger partial charge in [0.05, 0.1) is 0 Å². The molecule has 0 aliphatic carbocycles. The van der Waals surface area contributed by atoms with E-state index in [1.807, 2.05) is 38.2 Å². The number of benzene rings is 1. The molecule has 1 unspecified atom stereocenters. The van der Waals surface area contributed by atoms with Gasteiger partial charge in [-0.1, -0.05) is 18.2 Å². The van der Waals surface area contributed by atoms with E-state index in [2.05, 4.69) is 10.2 Å². The minimum absolute atomic E-state index is 0.266. The van der Waals surface area contributed by atoms with Crippen molar-refractivity contribution in [3.05, 3.63) is 29.8 Å². The van der Waals surface area contributed by atoms with Crippen LogP contribution in [0.25, 0.3) is 0 Å². The van der Waals surface area contributed by atoms with Gasteiger partial charge >= 0.3 is 0 Å². The third-order valence-electron chi connectivity index (χ3n) is 3.67. The highest BCUT2D eigenvalue weighted by atomic mass is 16.1. The van der Waals surface area contributed by atoms with Gasteiger partial charge in [0.1, 0.15) is 5.54 Å². The Hall–Kier alpha value is -1.55. The normalized spacial score (nSPS) is 24.8. The fourth-order valence-electron chi connectivity index (χ4n) is 2.61. The van der Waals surface area contributed by atoms with Crippen molar-refractivity contribution in [1.29, 1.82) is 0 Å². The predicted octanol–water partition coefficient (Wildman–Crippen LogP) is 1.36. The predicted molar refractivity (Wildman–Crippen MR) is 73.5 cm³/mol. The summed E-state index contributed by atoms with van der Waals surface area (Å²) in [5, 5.41) is 3.38. The first-order chi connectivity index (χ1) is 8.53. The molecule has 0 aromatic heterocycles. The van der Waals surface area contributed by atoms with Gasteiger partial charge < -0.3 is 16.0 Å². The van der Waals surface area contributed by atoms with E-state index >= 15 is 0 Å². The van der Waals surface area contributed by atoms with Crippen molar-refractivity contribution in [1.82, 2.24) is 4.90 Å². The lowest BCUT2D eigenvalue weighted by atomic mass is 9.87. The maximum atomic E-state index is 11.9. The van der Waals surface area contributed by atoms with Crippen molar-refractivity contribution in [3.63, 3.8) is 0 Å². The highest BCUT2D eigenvalue weighted by Crippen LogP contribution is 2.26. The van der Waals surface area contributed by atoms with E-state index in [4.69, 9.17) is 5.73 Å². The molecule has 18 heavy (non-hydrogen) atoms. The average Bonchev–Trinajstić information content (AvgIpc) is 2.32. The summed E-state index contributed by atoms with van der Waals surface area (Å²) < 4.78 is 0. The second-order valence-electron chi connectivity index (χ2n) is 5.23. The molecule has 3 N–H and O–H groups in total. The monoisotopic (exact) mass is 247 g/mol. The number of likely N-dealkylation sites (N-methyl/N-ethyl adjacent to an activating group) is 1. The Morgan fingerprint density at radius 3 is 2.78 bits per heavy atom. The maximum Gasteiger partial charge on any atom is 0.244 e. The zero-order valence-electron chi connectivity index (χ0n) is 11.1. The Morgan fingerprint density at radius 1 is 1.44 bits per heavy atom. The van der Waals surface area contributed by atoms with Crippen molar-refractivity contribution < 1.29 is 4.79 Å². The first-order valence-electron chi connectivity index (χ1n) is 6.36. The molecular formula is C14H21N3O. The number of hydrogen-bond donors (Lipinski definition) is 2. The van der Waals surface area contributed by atoms with Crippen LogP contribution in [0.15, 0.2) is 24.3 Å². The summed E-state index contributed by atoms with van der Waals surface area (Å²) in [6.07, 6.45) is 1.78. The number of nitrogens with two attached hydrogens (primary N) is 1. The maximum absolute atomic E-state index is 11.9. The lowest BCUT2D eigenvalue weighted by molar-refractivity contribution is -0.123. The number of carbonyl (C=O) groups excluding carboxylic acids is 1. The number of anilines is 1. The van der Waals surface area contributed by atoms with E-state index in [0.29, 0.717) is 6.54 Å². The molecule has 98 valence electrons.